The molecule has 5 atom stereocenters. The van der Waals surface area contributed by atoms with Gasteiger partial charge in [0.2, 0.25) is 23.6 Å². The molecule has 1 fully saturated rings. The molecule has 14 heteroatoms. The van der Waals surface area contributed by atoms with Crippen LogP contribution in [0.4, 0.5) is 0 Å². The lowest BCUT2D eigenvalue weighted by Crippen LogP contribution is -2.57. The molecule has 4 amide bonds. The van der Waals surface area contributed by atoms with E-state index in [1.165, 1.54) is 4.90 Å². The van der Waals surface area contributed by atoms with Crippen LogP contribution in [0, 0.1) is 12.3 Å². The highest BCUT2D eigenvalue weighted by Crippen LogP contribution is 2.29. The number of ether oxygens (including phenoxy) is 1. The van der Waals surface area contributed by atoms with Gasteiger partial charge in [0, 0.05) is 38.4 Å². The molecule has 1 aliphatic rings. The van der Waals surface area contributed by atoms with Crippen molar-refractivity contribution in [3.8, 4) is 10.4 Å². The van der Waals surface area contributed by atoms with Crippen LogP contribution in [0.15, 0.2) is 66.2 Å². The predicted molar refractivity (Wildman–Crippen MR) is 226 cm³/mol. The van der Waals surface area contributed by atoms with Crippen LogP contribution >= 0.6 is 23.7 Å². The number of fused-ring (bicyclic) bond motifs is 1. The number of benzene rings is 3. The van der Waals surface area contributed by atoms with E-state index in [9.17, 15) is 24.3 Å². The highest BCUT2D eigenvalue weighted by molar-refractivity contribution is 7.13. The molecule has 0 bridgehead atoms. The summed E-state index contributed by atoms with van der Waals surface area (Å²) in [4.78, 5) is 58.6. The van der Waals surface area contributed by atoms with E-state index < -0.39 is 23.6 Å². The van der Waals surface area contributed by atoms with Gasteiger partial charge in [0.05, 0.1) is 34.9 Å². The summed E-state index contributed by atoms with van der Waals surface area (Å²) in [6.07, 6.45) is 1.25. The van der Waals surface area contributed by atoms with Gasteiger partial charge in [-0.1, -0.05) is 75.4 Å². The van der Waals surface area contributed by atoms with Crippen molar-refractivity contribution in [2.24, 2.45) is 16.9 Å². The molecule has 57 heavy (non-hydrogen) atoms. The Balaban J connectivity index is 0.00000720. The van der Waals surface area contributed by atoms with Crippen molar-refractivity contribution >= 4 is 58.1 Å². The maximum absolute atomic E-state index is 14.0. The number of aliphatic hydroxyl groups excluding tert-OH is 1. The Kier molecular flexibility index (Phi) is 16.2. The van der Waals surface area contributed by atoms with Crippen LogP contribution in [-0.2, 0) is 43.5 Å². The molecule has 2 heterocycles. The molecule has 12 nitrogen and oxygen atoms in total. The van der Waals surface area contributed by atoms with Gasteiger partial charge in [-0.15, -0.1) is 23.7 Å². The van der Waals surface area contributed by atoms with Crippen LogP contribution < -0.4 is 22.1 Å². The lowest BCUT2D eigenvalue weighted by Gasteiger charge is -2.35. The number of primary amides is 1. The number of nitrogens with zero attached hydrogens (tertiary/aromatic N) is 2. The zero-order valence-electron chi connectivity index (χ0n) is 33.5. The van der Waals surface area contributed by atoms with Crippen LogP contribution in [0.1, 0.15) is 82.2 Å². The van der Waals surface area contributed by atoms with Gasteiger partial charge in [-0.2, -0.15) is 0 Å². The molecular weight excluding hydrogens is 764 g/mol. The second-order valence-electron chi connectivity index (χ2n) is 16.0. The average Bonchev–Trinajstić information content (AvgIpc) is 3.78. The highest BCUT2D eigenvalue weighted by Gasteiger charge is 2.44. The molecule has 0 unspecified atom stereocenters. The Morgan fingerprint density at radius 3 is 2.28 bits per heavy atom. The van der Waals surface area contributed by atoms with E-state index in [1.54, 1.807) is 11.3 Å². The minimum atomic E-state index is -0.883. The maximum Gasteiger partial charge on any atom is 0.246 e. The van der Waals surface area contributed by atoms with Gasteiger partial charge >= 0.3 is 0 Å². The summed E-state index contributed by atoms with van der Waals surface area (Å²) in [6, 6.07) is 18.3. The van der Waals surface area contributed by atoms with Crippen LogP contribution in [0.3, 0.4) is 0 Å². The number of aromatic nitrogens is 1. The van der Waals surface area contributed by atoms with E-state index >= 15 is 0 Å². The summed E-state index contributed by atoms with van der Waals surface area (Å²) in [5.74, 6) is -1.35. The molecule has 0 aliphatic carbocycles. The Labute approximate surface area is 345 Å². The van der Waals surface area contributed by atoms with Gasteiger partial charge in [-0.3, -0.25) is 19.2 Å². The number of thiazole rings is 1. The number of aliphatic hydroxyl groups is 1. The summed E-state index contributed by atoms with van der Waals surface area (Å²) >= 11 is 1.58. The van der Waals surface area contributed by atoms with Crippen molar-refractivity contribution in [3.63, 3.8) is 0 Å². The number of amides is 4. The van der Waals surface area contributed by atoms with E-state index in [4.69, 9.17) is 16.2 Å². The lowest BCUT2D eigenvalue weighted by molar-refractivity contribution is -0.144. The van der Waals surface area contributed by atoms with Crippen molar-refractivity contribution in [3.05, 3.63) is 88.6 Å². The summed E-state index contributed by atoms with van der Waals surface area (Å²) in [6.45, 7) is 10.2. The second-order valence-corrected chi connectivity index (χ2v) is 16.9. The molecule has 1 aromatic heterocycles. The lowest BCUT2D eigenvalue weighted by atomic mass is 9.85. The van der Waals surface area contributed by atoms with Gasteiger partial charge in [-0.25, -0.2) is 4.98 Å². The zero-order chi connectivity index (χ0) is 40.6. The molecule has 1 saturated heterocycles. The largest absolute Gasteiger partial charge is 0.391 e. The molecule has 308 valence electrons. The fraction of sp³-hybridized carbons (Fsp3) is 0.465. The van der Waals surface area contributed by atoms with Gasteiger partial charge in [0.15, 0.2) is 0 Å². The van der Waals surface area contributed by atoms with Crippen molar-refractivity contribution < 1.29 is 29.0 Å². The van der Waals surface area contributed by atoms with Crippen LogP contribution in [-0.4, -0.2) is 75.5 Å². The molecule has 0 saturated carbocycles. The monoisotopic (exact) mass is 820 g/mol. The molecule has 0 radical (unpaired) electrons. The number of nitrogens with two attached hydrogens (primary N) is 2. The molecule has 4 aromatic rings. The van der Waals surface area contributed by atoms with Crippen molar-refractivity contribution in [1.82, 2.24) is 20.5 Å². The van der Waals surface area contributed by atoms with Gasteiger partial charge in [0.25, 0.3) is 0 Å². The second kappa shape index (κ2) is 20.3. The number of carbonyl (C=O) groups is 4. The standard InChI is InChI=1S/C43H56N6O6S.ClH/c1-26-39(56-25-47-26)31-13-10-29(11-14-31)22-46-41(53)36-21-34(50)23-49(36)42(54)40(43(3,4)5)48-38(52)8-6-7-28-9-15-33-20-30(12-16-32(33)19-28)24-55-27(2)35(44)17-18-37(45)51;/h9-16,19-20,25,27,34-36,40,50H,6-8,17-18,21-24,44H2,1-5H3,(H2,45,51)(H,46,53)(H,48,52);1H/t27-,34-,35+,36+,40-;/m1./s1. The first kappa shape index (κ1) is 45.3. The summed E-state index contributed by atoms with van der Waals surface area (Å²) in [5.41, 5.74) is 17.6. The van der Waals surface area contributed by atoms with E-state index in [0.717, 1.165) is 43.6 Å². The third-order valence-electron chi connectivity index (χ3n) is 10.4. The SMILES string of the molecule is Cc1ncsc1-c1ccc(CNC(=O)[C@@H]2C[C@@H](O)CN2C(=O)[C@@H](NC(=O)CCCc2ccc3cc(CO[C@H](C)[C@@H](N)CCC(N)=O)ccc3c2)C(C)(C)C)cc1.Cl. The van der Waals surface area contributed by atoms with Gasteiger partial charge < -0.3 is 36.8 Å². The van der Waals surface area contributed by atoms with Crippen molar-refractivity contribution in [1.29, 1.82) is 0 Å². The normalized spacial score (nSPS) is 17.1. The van der Waals surface area contributed by atoms with Crippen molar-refractivity contribution in [2.75, 3.05) is 6.54 Å². The quantitative estimate of drug-likeness (QED) is 0.0946. The molecule has 7 N–H and O–H groups in total. The van der Waals surface area contributed by atoms with E-state index in [-0.39, 0.29) is 80.5 Å². The third-order valence-corrected chi connectivity index (χ3v) is 11.4. The average molecular weight is 821 g/mol. The first-order valence-electron chi connectivity index (χ1n) is 19.3. The summed E-state index contributed by atoms with van der Waals surface area (Å²) in [7, 11) is 0. The fourth-order valence-corrected chi connectivity index (χ4v) is 7.76. The number of hydrogen-bond donors (Lipinski definition) is 5. The van der Waals surface area contributed by atoms with E-state index in [1.807, 2.05) is 76.5 Å². The Morgan fingerprint density at radius 2 is 1.65 bits per heavy atom. The summed E-state index contributed by atoms with van der Waals surface area (Å²) in [5, 5.41) is 18.6. The van der Waals surface area contributed by atoms with Gasteiger partial charge in [-0.05, 0) is 77.6 Å². The number of aryl methyl sites for hydroxylation is 2. The van der Waals surface area contributed by atoms with Crippen molar-refractivity contribution in [2.45, 2.75) is 117 Å². The number of halogens is 1. The first-order valence-corrected chi connectivity index (χ1v) is 20.2. The first-order chi connectivity index (χ1) is 26.6. The van der Waals surface area contributed by atoms with E-state index in [0.29, 0.717) is 25.9 Å². The molecule has 5 rings (SSSR count). The van der Waals surface area contributed by atoms with Crippen LogP contribution in [0.25, 0.3) is 21.2 Å². The maximum atomic E-state index is 14.0. The fourth-order valence-electron chi connectivity index (χ4n) is 6.95. The number of rotatable bonds is 17. The smallest absolute Gasteiger partial charge is 0.246 e. The number of β-amino-alcohol motifs (C(OH)–C–C–N with tert-alkyl or cyclic N) is 1. The molecule has 0 spiro atoms. The molecule has 3 aromatic carbocycles. The number of nitrogens with one attached hydrogen (secondary N) is 2. The summed E-state index contributed by atoms with van der Waals surface area (Å²) < 4.78 is 5.95. The zero-order valence-corrected chi connectivity index (χ0v) is 35.1. The molecular formula is C43H57ClN6O6S. The minimum absolute atomic E-state index is 0. The third kappa shape index (κ3) is 12.5. The molecule has 1 aliphatic heterocycles. The Hall–Kier alpha value is -4.40. The number of likely N-dealkylation sites (tertiary alicyclic amines) is 1. The predicted octanol–water partition coefficient (Wildman–Crippen LogP) is 5.32. The highest BCUT2D eigenvalue weighted by atomic mass is 35.5. The van der Waals surface area contributed by atoms with Gasteiger partial charge in [0.1, 0.15) is 12.1 Å². The Morgan fingerprint density at radius 1 is 1.00 bits per heavy atom. The minimum Gasteiger partial charge on any atom is -0.391 e. The number of hydrogen-bond acceptors (Lipinski definition) is 9. The van der Waals surface area contributed by atoms with E-state index in [2.05, 4.69) is 39.9 Å². The topological polar surface area (TPSA) is 190 Å². The van der Waals surface area contributed by atoms with Crippen LogP contribution in [0.2, 0.25) is 0 Å². The Bertz CT molecular complexity index is 2000. The van der Waals surface area contributed by atoms with Crippen LogP contribution in [0.5, 0.6) is 0 Å². The number of carbonyl (C=O) groups excluding carboxylic acids is 4.